The summed E-state index contributed by atoms with van der Waals surface area (Å²) in [5, 5.41) is 7.85. The molecule has 1 aliphatic rings. The zero-order valence-corrected chi connectivity index (χ0v) is 15.9. The number of nitrogens with zero attached hydrogens (tertiary/aromatic N) is 1. The average Bonchev–Trinajstić information content (AvgIpc) is 2.75. The van der Waals surface area contributed by atoms with Gasteiger partial charge in [0.25, 0.3) is 0 Å². The van der Waals surface area contributed by atoms with Crippen LogP contribution in [0, 0.1) is 11.7 Å². The minimum Gasteiger partial charge on any atom is -0.325 e. The minimum atomic E-state index is -0.355. The summed E-state index contributed by atoms with van der Waals surface area (Å²) in [5.41, 5.74) is 1.31. The lowest BCUT2D eigenvalue weighted by Gasteiger charge is -2.32. The van der Waals surface area contributed by atoms with Crippen LogP contribution in [-0.2, 0) is 4.79 Å². The number of nitrogens with one attached hydrogen (secondary N) is 2. The van der Waals surface area contributed by atoms with E-state index in [1.54, 1.807) is 4.90 Å². The topological polar surface area (TPSA) is 61.4 Å². The Morgan fingerprint density at radius 2 is 1.69 bits per heavy atom. The van der Waals surface area contributed by atoms with Crippen LogP contribution in [-0.4, -0.2) is 29.9 Å². The number of hydrogen-bond donors (Lipinski definition) is 2. The van der Waals surface area contributed by atoms with Gasteiger partial charge in [-0.05, 0) is 48.6 Å². The van der Waals surface area contributed by atoms with E-state index in [4.69, 9.17) is 0 Å². The van der Waals surface area contributed by atoms with E-state index in [-0.39, 0.29) is 23.7 Å². The van der Waals surface area contributed by atoms with Crippen molar-refractivity contribution in [2.24, 2.45) is 5.92 Å². The molecule has 1 saturated heterocycles. The normalized spacial score (nSPS) is 16.4. The van der Waals surface area contributed by atoms with Gasteiger partial charge in [-0.25, -0.2) is 9.18 Å². The molecular weight excluding hydrogens is 369 g/mol. The third-order valence-electron chi connectivity index (χ3n) is 5.22. The van der Waals surface area contributed by atoms with Crippen LogP contribution in [0.1, 0.15) is 12.8 Å². The van der Waals surface area contributed by atoms with Gasteiger partial charge >= 0.3 is 6.03 Å². The first kappa shape index (κ1) is 18.9. The van der Waals surface area contributed by atoms with Crippen LogP contribution in [0.4, 0.5) is 20.6 Å². The molecule has 2 N–H and O–H groups in total. The van der Waals surface area contributed by atoms with E-state index in [1.807, 2.05) is 42.5 Å². The molecule has 3 aromatic carbocycles. The Morgan fingerprint density at radius 3 is 2.52 bits per heavy atom. The minimum absolute atomic E-state index is 0.0827. The second-order valence-electron chi connectivity index (χ2n) is 7.24. The van der Waals surface area contributed by atoms with Gasteiger partial charge in [0.1, 0.15) is 5.82 Å². The van der Waals surface area contributed by atoms with Gasteiger partial charge in [-0.3, -0.25) is 4.79 Å². The number of fused-ring (bicyclic) bond motifs is 1. The molecular formula is C23H22FN3O2. The van der Waals surface area contributed by atoms with E-state index < -0.39 is 0 Å². The number of halogens is 1. The summed E-state index contributed by atoms with van der Waals surface area (Å²) in [6, 6.07) is 19.1. The van der Waals surface area contributed by atoms with Crippen LogP contribution < -0.4 is 10.6 Å². The van der Waals surface area contributed by atoms with Crippen molar-refractivity contribution in [2.75, 3.05) is 23.7 Å². The number of likely N-dealkylation sites (tertiary alicyclic amines) is 1. The number of hydrogen-bond acceptors (Lipinski definition) is 2. The highest BCUT2D eigenvalue weighted by Crippen LogP contribution is 2.25. The largest absolute Gasteiger partial charge is 0.325 e. The first-order valence-corrected chi connectivity index (χ1v) is 9.70. The van der Waals surface area contributed by atoms with Gasteiger partial charge in [0.15, 0.2) is 0 Å². The van der Waals surface area contributed by atoms with Crippen molar-refractivity contribution in [2.45, 2.75) is 12.8 Å². The highest BCUT2D eigenvalue weighted by Gasteiger charge is 2.28. The van der Waals surface area contributed by atoms with Gasteiger partial charge < -0.3 is 15.5 Å². The monoisotopic (exact) mass is 391 g/mol. The van der Waals surface area contributed by atoms with E-state index in [0.29, 0.717) is 18.8 Å². The number of benzene rings is 3. The van der Waals surface area contributed by atoms with E-state index in [0.717, 1.165) is 29.3 Å². The predicted molar refractivity (Wildman–Crippen MR) is 112 cm³/mol. The van der Waals surface area contributed by atoms with Crippen molar-refractivity contribution in [3.8, 4) is 0 Å². The fraction of sp³-hybridized carbons (Fsp3) is 0.217. The van der Waals surface area contributed by atoms with Gasteiger partial charge in [-0.15, -0.1) is 0 Å². The summed E-state index contributed by atoms with van der Waals surface area (Å²) >= 11 is 0. The standard InChI is InChI=1S/C23H22FN3O2/c24-18-10-12-19(13-11-18)25-23(29)27-14-4-7-17(15-27)22(28)26-21-9-3-6-16-5-1-2-8-20(16)21/h1-3,5-6,8-13,17H,4,7,14-15H2,(H,25,29)(H,26,28)/t17-/m0/s1. The molecule has 0 aliphatic carbocycles. The van der Waals surface area contributed by atoms with E-state index in [9.17, 15) is 14.0 Å². The molecule has 148 valence electrons. The maximum atomic E-state index is 13.0. The predicted octanol–water partition coefficient (Wildman–Crippen LogP) is 4.86. The summed E-state index contributed by atoms with van der Waals surface area (Å²) in [5.74, 6) is -0.714. The van der Waals surface area contributed by atoms with Crippen molar-refractivity contribution < 1.29 is 14.0 Å². The Morgan fingerprint density at radius 1 is 0.931 bits per heavy atom. The number of anilines is 2. The van der Waals surface area contributed by atoms with Crippen molar-refractivity contribution in [3.63, 3.8) is 0 Å². The molecule has 0 unspecified atom stereocenters. The van der Waals surface area contributed by atoms with Crippen LogP contribution in [0.25, 0.3) is 10.8 Å². The highest BCUT2D eigenvalue weighted by molar-refractivity contribution is 6.03. The highest BCUT2D eigenvalue weighted by atomic mass is 19.1. The second-order valence-corrected chi connectivity index (χ2v) is 7.24. The van der Waals surface area contributed by atoms with Gasteiger partial charge in [0.2, 0.25) is 5.91 Å². The van der Waals surface area contributed by atoms with E-state index in [1.165, 1.54) is 24.3 Å². The second kappa shape index (κ2) is 8.31. The lowest BCUT2D eigenvalue weighted by molar-refractivity contribution is -0.121. The van der Waals surface area contributed by atoms with Gasteiger partial charge in [0.05, 0.1) is 5.92 Å². The Balaban J connectivity index is 1.41. The quantitative estimate of drug-likeness (QED) is 0.670. The summed E-state index contributed by atoms with van der Waals surface area (Å²) in [6.07, 6.45) is 1.49. The van der Waals surface area contributed by atoms with Crippen LogP contribution in [0.15, 0.2) is 66.7 Å². The lowest BCUT2D eigenvalue weighted by Crippen LogP contribution is -2.45. The first-order valence-electron chi connectivity index (χ1n) is 9.70. The molecule has 1 aliphatic heterocycles. The SMILES string of the molecule is O=C(Nc1cccc2ccccc12)[C@H]1CCCN(C(=O)Nc2ccc(F)cc2)C1. The molecule has 1 atom stereocenters. The summed E-state index contributed by atoms with van der Waals surface area (Å²) < 4.78 is 13.0. The summed E-state index contributed by atoms with van der Waals surface area (Å²) in [7, 11) is 0. The van der Waals surface area contributed by atoms with Crippen LogP contribution in [0.5, 0.6) is 0 Å². The Hall–Kier alpha value is -3.41. The number of carbonyl (C=O) groups excluding carboxylic acids is 2. The molecule has 4 rings (SSSR count). The molecule has 0 saturated carbocycles. The zero-order valence-electron chi connectivity index (χ0n) is 15.9. The third-order valence-corrected chi connectivity index (χ3v) is 5.22. The Labute approximate surface area is 168 Å². The van der Waals surface area contributed by atoms with Gasteiger partial charge in [-0.1, -0.05) is 36.4 Å². The number of piperidine rings is 1. The Kier molecular flexibility index (Phi) is 5.42. The third kappa shape index (κ3) is 4.37. The van der Waals surface area contributed by atoms with Crippen molar-refractivity contribution in [1.82, 2.24) is 4.90 Å². The van der Waals surface area contributed by atoms with E-state index in [2.05, 4.69) is 10.6 Å². The molecule has 0 radical (unpaired) electrons. The van der Waals surface area contributed by atoms with Crippen molar-refractivity contribution >= 4 is 34.1 Å². The lowest BCUT2D eigenvalue weighted by atomic mass is 9.97. The number of rotatable bonds is 3. The average molecular weight is 391 g/mol. The fourth-order valence-electron chi connectivity index (χ4n) is 3.68. The molecule has 5 nitrogen and oxygen atoms in total. The molecule has 0 aromatic heterocycles. The molecule has 6 heteroatoms. The molecule has 0 spiro atoms. The summed E-state index contributed by atoms with van der Waals surface area (Å²) in [6.45, 7) is 0.939. The fourth-order valence-corrected chi connectivity index (χ4v) is 3.68. The molecule has 3 amide bonds. The number of urea groups is 1. The van der Waals surface area contributed by atoms with Gasteiger partial charge in [0, 0.05) is 29.9 Å². The van der Waals surface area contributed by atoms with Crippen LogP contribution in [0.3, 0.4) is 0 Å². The number of carbonyl (C=O) groups is 2. The summed E-state index contributed by atoms with van der Waals surface area (Å²) in [4.78, 5) is 27.0. The maximum Gasteiger partial charge on any atom is 0.321 e. The van der Waals surface area contributed by atoms with Crippen LogP contribution >= 0.6 is 0 Å². The smallest absolute Gasteiger partial charge is 0.321 e. The number of amides is 3. The first-order chi connectivity index (χ1) is 14.1. The van der Waals surface area contributed by atoms with E-state index >= 15 is 0 Å². The zero-order chi connectivity index (χ0) is 20.2. The molecule has 1 heterocycles. The molecule has 3 aromatic rings. The Bertz CT molecular complexity index is 1030. The van der Waals surface area contributed by atoms with Crippen molar-refractivity contribution in [1.29, 1.82) is 0 Å². The maximum absolute atomic E-state index is 13.0. The molecule has 0 bridgehead atoms. The molecule has 29 heavy (non-hydrogen) atoms. The van der Waals surface area contributed by atoms with Crippen LogP contribution in [0.2, 0.25) is 0 Å². The molecule has 1 fully saturated rings. The van der Waals surface area contributed by atoms with Gasteiger partial charge in [-0.2, -0.15) is 0 Å². The van der Waals surface area contributed by atoms with Crippen molar-refractivity contribution in [3.05, 3.63) is 72.5 Å².